The first-order valence-electron chi connectivity index (χ1n) is 9.89. The van der Waals surface area contributed by atoms with Gasteiger partial charge < -0.3 is 0 Å². The number of alkyl halides is 3. The van der Waals surface area contributed by atoms with Crippen LogP contribution in [-0.4, -0.2) is 33.8 Å². The number of hydrogen-bond donors (Lipinski definition) is 3. The van der Waals surface area contributed by atoms with E-state index in [1.165, 1.54) is 6.07 Å². The fraction of sp³-hybridized carbons (Fsp3) is 0.136. The van der Waals surface area contributed by atoms with Gasteiger partial charge in [0.05, 0.1) is 0 Å². The third-order valence-corrected chi connectivity index (χ3v) is 7.33. The van der Waals surface area contributed by atoms with Gasteiger partial charge in [0, 0.05) is 0 Å². The predicted octanol–water partition coefficient (Wildman–Crippen LogP) is 2.67. The molecule has 1 aromatic carbocycles. The molecule has 0 saturated carbocycles. The molecule has 3 aromatic rings. The number of nitrogens with zero attached hydrogens (tertiary/aromatic N) is 3. The molecular formula is C22H17BrClF3IN6-. The normalized spacial score (nSPS) is 14.3. The fourth-order valence-corrected chi connectivity index (χ4v) is 5.59. The number of halogens is 6. The van der Waals surface area contributed by atoms with E-state index in [1.54, 1.807) is 12.4 Å². The van der Waals surface area contributed by atoms with Gasteiger partial charge in [-0.3, -0.25) is 0 Å². The molecule has 178 valence electrons. The first-order chi connectivity index (χ1) is 16.3. The molecule has 2 aromatic heterocycles. The molecule has 0 unspecified atom stereocenters. The summed E-state index contributed by atoms with van der Waals surface area (Å²) >= 11 is 9.50. The monoisotopic (exact) mass is 663 g/mol. The zero-order valence-corrected chi connectivity index (χ0v) is 21.8. The Morgan fingerprint density at radius 2 is 1.88 bits per heavy atom. The SMILES string of the molecule is FC(F)(F)c1ccc(NCCNC2=C[I-]C=C(c3ncc[nH]3)C(c3ccc(Br)cc3Cl)=N2)nc1. The Bertz CT molecular complexity index is 1240. The minimum absolute atomic E-state index is 0.365. The number of nitrogens with one attached hydrogen (secondary N) is 3. The van der Waals surface area contributed by atoms with Crippen molar-refractivity contribution in [3.05, 3.63) is 89.4 Å². The van der Waals surface area contributed by atoms with E-state index in [1.807, 2.05) is 18.2 Å². The summed E-state index contributed by atoms with van der Waals surface area (Å²) in [6, 6.07) is 7.94. The predicted molar refractivity (Wildman–Crippen MR) is 126 cm³/mol. The number of aromatic amines is 1. The standard InChI is InChI=1S/C22H17BrClF3IN6/c23-14-2-3-15(17(24)9-14)20-16(21-31-7-8-32-21)10-28-11-19(34-20)30-6-5-29-18-4-1-13(12-33-18)22(25,26)27/h1-4,7-12,30H,5-6H2,(H,29,33)(H,31,32)/q-1. The minimum atomic E-state index is -4.40. The number of benzene rings is 1. The van der Waals surface area contributed by atoms with Crippen LogP contribution in [0.1, 0.15) is 17.0 Å². The van der Waals surface area contributed by atoms with E-state index in [9.17, 15) is 13.2 Å². The van der Waals surface area contributed by atoms with Crippen LogP contribution < -0.4 is 31.8 Å². The number of anilines is 1. The summed E-state index contributed by atoms with van der Waals surface area (Å²) in [6.07, 6.45) is -0.145. The summed E-state index contributed by atoms with van der Waals surface area (Å²) in [5, 5.41) is 6.84. The molecule has 1 aliphatic rings. The summed E-state index contributed by atoms with van der Waals surface area (Å²) in [5.74, 6) is 1.77. The van der Waals surface area contributed by atoms with Gasteiger partial charge in [-0.2, -0.15) is 0 Å². The van der Waals surface area contributed by atoms with Crippen molar-refractivity contribution in [3.63, 3.8) is 0 Å². The molecule has 3 N–H and O–H groups in total. The van der Waals surface area contributed by atoms with E-state index in [4.69, 9.17) is 16.6 Å². The molecule has 3 heterocycles. The molecule has 0 amide bonds. The molecule has 0 spiro atoms. The van der Waals surface area contributed by atoms with Crippen LogP contribution in [0.25, 0.3) is 5.57 Å². The van der Waals surface area contributed by atoms with E-state index >= 15 is 0 Å². The number of aromatic nitrogens is 3. The van der Waals surface area contributed by atoms with Gasteiger partial charge in [-0.1, -0.05) is 0 Å². The molecule has 0 radical (unpaired) electrons. The van der Waals surface area contributed by atoms with Crippen molar-refractivity contribution in [3.8, 4) is 0 Å². The molecule has 6 nitrogen and oxygen atoms in total. The first-order valence-corrected chi connectivity index (χ1v) is 13.5. The van der Waals surface area contributed by atoms with Crippen molar-refractivity contribution in [2.75, 3.05) is 18.4 Å². The molecule has 12 heteroatoms. The van der Waals surface area contributed by atoms with Crippen LogP contribution in [0.3, 0.4) is 0 Å². The van der Waals surface area contributed by atoms with E-state index < -0.39 is 32.9 Å². The maximum absolute atomic E-state index is 12.7. The van der Waals surface area contributed by atoms with Gasteiger partial charge in [-0.15, -0.1) is 0 Å². The number of aliphatic imine (C=N–C) groups is 1. The Morgan fingerprint density at radius 3 is 2.56 bits per heavy atom. The van der Waals surface area contributed by atoms with Crippen molar-refractivity contribution in [1.29, 1.82) is 0 Å². The van der Waals surface area contributed by atoms with Crippen LogP contribution in [0.2, 0.25) is 5.02 Å². The molecule has 34 heavy (non-hydrogen) atoms. The van der Waals surface area contributed by atoms with E-state index in [2.05, 4.69) is 49.7 Å². The Hall–Kier alpha value is -2.38. The molecule has 0 atom stereocenters. The van der Waals surface area contributed by atoms with Gasteiger partial charge in [0.1, 0.15) is 0 Å². The van der Waals surface area contributed by atoms with Crippen molar-refractivity contribution < 1.29 is 34.4 Å². The van der Waals surface area contributed by atoms with Gasteiger partial charge in [0.15, 0.2) is 0 Å². The summed E-state index contributed by atoms with van der Waals surface area (Å²) in [6.45, 7) is 0.926. The van der Waals surface area contributed by atoms with Crippen LogP contribution in [0, 0.1) is 0 Å². The number of pyridine rings is 1. The quantitative estimate of drug-likeness (QED) is 0.269. The molecule has 1 aliphatic heterocycles. The van der Waals surface area contributed by atoms with Gasteiger partial charge in [0.25, 0.3) is 0 Å². The van der Waals surface area contributed by atoms with Gasteiger partial charge in [-0.05, 0) is 0 Å². The topological polar surface area (TPSA) is 78.0 Å². The van der Waals surface area contributed by atoms with Gasteiger partial charge in [0.2, 0.25) is 0 Å². The number of imidazole rings is 1. The van der Waals surface area contributed by atoms with Crippen molar-refractivity contribution in [1.82, 2.24) is 20.3 Å². The average Bonchev–Trinajstić information content (AvgIpc) is 3.24. The summed E-state index contributed by atoms with van der Waals surface area (Å²) < 4.78 is 43.1. The third kappa shape index (κ3) is 6.19. The van der Waals surface area contributed by atoms with Crippen LogP contribution in [0.15, 0.2) is 72.4 Å². The second kappa shape index (κ2) is 10.9. The molecule has 0 fully saturated rings. The zero-order chi connectivity index (χ0) is 24.1. The van der Waals surface area contributed by atoms with E-state index in [0.717, 1.165) is 27.9 Å². The number of rotatable bonds is 7. The van der Waals surface area contributed by atoms with E-state index in [-0.39, 0.29) is 0 Å². The molecule has 4 rings (SSSR count). The Kier molecular flexibility index (Phi) is 7.94. The number of H-pyrrole nitrogens is 1. The summed E-state index contributed by atoms with van der Waals surface area (Å²) in [7, 11) is 0. The second-order valence-corrected chi connectivity index (χ2v) is 10.2. The second-order valence-electron chi connectivity index (χ2n) is 6.95. The van der Waals surface area contributed by atoms with Crippen LogP contribution in [-0.2, 0) is 6.18 Å². The Balaban J connectivity index is 1.47. The first kappa shape index (κ1) is 24.7. The van der Waals surface area contributed by atoms with Gasteiger partial charge in [-0.25, -0.2) is 0 Å². The van der Waals surface area contributed by atoms with Crippen LogP contribution in [0.4, 0.5) is 19.0 Å². The molecule has 0 aliphatic carbocycles. The Morgan fingerprint density at radius 1 is 1.06 bits per heavy atom. The zero-order valence-electron chi connectivity index (χ0n) is 17.3. The number of allylic oxidation sites excluding steroid dienone is 1. The Labute approximate surface area is 217 Å². The fourth-order valence-electron chi connectivity index (χ4n) is 3.00. The number of hydrogen-bond acceptors (Lipinski definition) is 5. The summed E-state index contributed by atoms with van der Waals surface area (Å²) in [5.41, 5.74) is 1.57. The molecule has 0 bridgehead atoms. The van der Waals surface area contributed by atoms with Gasteiger partial charge >= 0.3 is 218 Å². The van der Waals surface area contributed by atoms with Crippen LogP contribution >= 0.6 is 27.5 Å². The van der Waals surface area contributed by atoms with Crippen molar-refractivity contribution in [2.24, 2.45) is 4.99 Å². The van der Waals surface area contributed by atoms with Crippen molar-refractivity contribution in [2.45, 2.75) is 6.18 Å². The van der Waals surface area contributed by atoms with Crippen molar-refractivity contribution >= 4 is 44.6 Å². The van der Waals surface area contributed by atoms with E-state index in [0.29, 0.717) is 41.3 Å². The maximum atomic E-state index is 12.7. The third-order valence-electron chi connectivity index (χ3n) is 4.59. The van der Waals surface area contributed by atoms with Crippen LogP contribution in [0.5, 0.6) is 0 Å². The molecule has 0 saturated heterocycles. The molecular weight excluding hydrogens is 648 g/mol. The average molecular weight is 665 g/mol. The summed E-state index contributed by atoms with van der Waals surface area (Å²) in [4.78, 5) is 16.2.